The number of carbonyl (C=O) groups is 2. The molecule has 0 saturated carbocycles. The predicted octanol–water partition coefficient (Wildman–Crippen LogP) is 4.27. The Labute approximate surface area is 145 Å². The Hall–Kier alpha value is -3.19. The van der Waals surface area contributed by atoms with E-state index in [4.69, 9.17) is 8.83 Å². The van der Waals surface area contributed by atoms with Gasteiger partial charge in [-0.2, -0.15) is 0 Å². The van der Waals surface area contributed by atoms with Crippen LogP contribution in [0.4, 0.5) is 0 Å². The highest BCUT2D eigenvalue weighted by molar-refractivity contribution is 7.11. The van der Waals surface area contributed by atoms with E-state index in [1.807, 2.05) is 0 Å². The Morgan fingerprint density at radius 1 is 1.20 bits per heavy atom. The number of nitrogens with zero attached hydrogens (tertiary/aromatic N) is 1. The van der Waals surface area contributed by atoms with Crippen molar-refractivity contribution in [2.24, 2.45) is 0 Å². The van der Waals surface area contributed by atoms with E-state index in [1.165, 1.54) is 23.9 Å². The van der Waals surface area contributed by atoms with Crippen LogP contribution < -0.4 is 0 Å². The second-order valence-corrected chi connectivity index (χ2v) is 6.32. The molecule has 0 spiro atoms. The number of oxazole rings is 1. The molecule has 4 aromatic rings. The summed E-state index contributed by atoms with van der Waals surface area (Å²) in [7, 11) is 0. The molecule has 6 nitrogen and oxygen atoms in total. The van der Waals surface area contributed by atoms with Gasteiger partial charge >= 0.3 is 5.97 Å². The van der Waals surface area contributed by atoms with Gasteiger partial charge in [0, 0.05) is 16.0 Å². The predicted molar refractivity (Wildman–Crippen MR) is 91.0 cm³/mol. The zero-order chi connectivity index (χ0) is 17.4. The fourth-order valence-electron chi connectivity index (χ4n) is 2.61. The maximum Gasteiger partial charge on any atom is 0.337 e. The van der Waals surface area contributed by atoms with Gasteiger partial charge < -0.3 is 13.9 Å². The van der Waals surface area contributed by atoms with Crippen molar-refractivity contribution >= 4 is 34.2 Å². The fourth-order valence-corrected chi connectivity index (χ4v) is 3.65. The number of carboxylic acids is 1. The lowest BCUT2D eigenvalue weighted by molar-refractivity contribution is 0.0697. The summed E-state index contributed by atoms with van der Waals surface area (Å²) in [4.78, 5) is 28.8. The van der Waals surface area contributed by atoms with Gasteiger partial charge in [0.05, 0.1) is 24.5 Å². The number of ketones is 1. The molecule has 0 atom stereocenters. The summed E-state index contributed by atoms with van der Waals surface area (Å²) in [6.45, 7) is 0. The molecular formula is C18H11NO5S. The van der Waals surface area contributed by atoms with E-state index in [-0.39, 0.29) is 23.7 Å². The lowest BCUT2D eigenvalue weighted by Crippen LogP contribution is -2.07. The number of carboxylic acid groups (broad SMARTS) is 1. The van der Waals surface area contributed by atoms with Crippen LogP contribution >= 0.6 is 11.3 Å². The topological polar surface area (TPSA) is 93.5 Å². The SMILES string of the molecule is O=C(Cc1scc(-c2ccoc2)c1C(=O)O)c1nc2ccccc2o1. The maximum atomic E-state index is 12.5. The summed E-state index contributed by atoms with van der Waals surface area (Å²) in [6.07, 6.45) is 2.86. The van der Waals surface area contributed by atoms with Gasteiger partial charge in [-0.05, 0) is 23.6 Å². The molecule has 0 aliphatic heterocycles. The van der Waals surface area contributed by atoms with Crippen molar-refractivity contribution in [3.63, 3.8) is 0 Å². The first kappa shape index (κ1) is 15.3. The molecule has 0 fully saturated rings. The summed E-state index contributed by atoms with van der Waals surface area (Å²) in [5.74, 6) is -1.46. The Morgan fingerprint density at radius 3 is 2.76 bits per heavy atom. The molecule has 4 rings (SSSR count). The summed E-state index contributed by atoms with van der Waals surface area (Å²) < 4.78 is 10.5. The molecule has 7 heteroatoms. The van der Waals surface area contributed by atoms with Gasteiger partial charge in [-0.1, -0.05) is 12.1 Å². The van der Waals surface area contributed by atoms with Crippen molar-refractivity contribution in [3.8, 4) is 11.1 Å². The lowest BCUT2D eigenvalue weighted by Gasteiger charge is -2.00. The van der Waals surface area contributed by atoms with E-state index in [0.29, 0.717) is 27.1 Å². The molecule has 1 N–H and O–H groups in total. The van der Waals surface area contributed by atoms with E-state index < -0.39 is 5.97 Å². The van der Waals surface area contributed by atoms with Crippen LogP contribution in [0, 0.1) is 0 Å². The van der Waals surface area contributed by atoms with Crippen molar-refractivity contribution in [2.45, 2.75) is 6.42 Å². The quantitative estimate of drug-likeness (QED) is 0.538. The highest BCUT2D eigenvalue weighted by atomic mass is 32.1. The smallest absolute Gasteiger partial charge is 0.337 e. The van der Waals surface area contributed by atoms with Crippen molar-refractivity contribution < 1.29 is 23.5 Å². The zero-order valence-electron chi connectivity index (χ0n) is 12.8. The number of hydrogen-bond acceptors (Lipinski definition) is 6. The highest BCUT2D eigenvalue weighted by Gasteiger charge is 2.24. The van der Waals surface area contributed by atoms with Crippen LogP contribution in [-0.2, 0) is 6.42 Å². The molecule has 0 radical (unpaired) electrons. The highest BCUT2D eigenvalue weighted by Crippen LogP contribution is 2.33. The Kier molecular flexibility index (Phi) is 3.70. The maximum absolute atomic E-state index is 12.5. The molecule has 0 unspecified atom stereocenters. The second kappa shape index (κ2) is 6.03. The van der Waals surface area contributed by atoms with Crippen LogP contribution in [0.25, 0.3) is 22.2 Å². The Morgan fingerprint density at radius 2 is 2.04 bits per heavy atom. The number of para-hydroxylation sites is 2. The minimum absolute atomic E-state index is 0.0178. The molecule has 0 aliphatic carbocycles. The van der Waals surface area contributed by atoms with Gasteiger partial charge in [0.1, 0.15) is 5.52 Å². The van der Waals surface area contributed by atoms with Gasteiger partial charge in [0.25, 0.3) is 5.89 Å². The van der Waals surface area contributed by atoms with E-state index in [1.54, 1.807) is 35.7 Å². The van der Waals surface area contributed by atoms with E-state index in [0.717, 1.165) is 0 Å². The van der Waals surface area contributed by atoms with Crippen LogP contribution in [0.5, 0.6) is 0 Å². The lowest BCUT2D eigenvalue weighted by atomic mass is 10.0. The van der Waals surface area contributed by atoms with Gasteiger partial charge in [0.15, 0.2) is 5.58 Å². The van der Waals surface area contributed by atoms with Crippen molar-refractivity contribution in [1.82, 2.24) is 4.98 Å². The summed E-state index contributed by atoms with van der Waals surface area (Å²) in [6, 6.07) is 8.75. The average Bonchev–Trinajstić information content (AvgIpc) is 3.32. The summed E-state index contributed by atoms with van der Waals surface area (Å²) in [5.41, 5.74) is 2.42. The number of carbonyl (C=O) groups excluding carboxylic acids is 1. The molecule has 0 bridgehead atoms. The molecule has 1 aromatic carbocycles. The third kappa shape index (κ3) is 2.74. The van der Waals surface area contributed by atoms with Gasteiger partial charge in [0.2, 0.25) is 5.78 Å². The first-order valence-corrected chi connectivity index (χ1v) is 8.26. The number of hydrogen-bond donors (Lipinski definition) is 1. The first-order valence-electron chi connectivity index (χ1n) is 7.38. The van der Waals surface area contributed by atoms with E-state index in [9.17, 15) is 14.7 Å². The van der Waals surface area contributed by atoms with Gasteiger partial charge in [-0.25, -0.2) is 9.78 Å². The van der Waals surface area contributed by atoms with E-state index >= 15 is 0 Å². The number of aromatic carboxylic acids is 1. The number of Topliss-reactive ketones (excluding diaryl/α,β-unsaturated/α-hetero) is 1. The number of fused-ring (bicyclic) bond motifs is 1. The molecule has 0 saturated heterocycles. The van der Waals surface area contributed by atoms with Crippen molar-refractivity contribution in [1.29, 1.82) is 0 Å². The minimum Gasteiger partial charge on any atom is -0.478 e. The van der Waals surface area contributed by atoms with Crippen LogP contribution in [0.3, 0.4) is 0 Å². The average molecular weight is 353 g/mol. The van der Waals surface area contributed by atoms with Gasteiger partial charge in [-0.3, -0.25) is 4.79 Å². The molecular weight excluding hydrogens is 342 g/mol. The van der Waals surface area contributed by atoms with E-state index in [2.05, 4.69) is 4.98 Å². The van der Waals surface area contributed by atoms with Gasteiger partial charge in [-0.15, -0.1) is 11.3 Å². The fraction of sp³-hybridized carbons (Fsp3) is 0.0556. The summed E-state index contributed by atoms with van der Waals surface area (Å²) >= 11 is 1.22. The number of thiophene rings is 1. The zero-order valence-corrected chi connectivity index (χ0v) is 13.6. The molecule has 3 heterocycles. The Bertz CT molecular complexity index is 1040. The first-order chi connectivity index (χ1) is 12.1. The molecule has 3 aromatic heterocycles. The number of aromatic nitrogens is 1. The number of benzene rings is 1. The standard InChI is InChI=1S/C18H11NO5S/c20-13(17-19-12-3-1-2-4-14(12)24-17)7-15-16(18(21)22)11(9-25-15)10-5-6-23-8-10/h1-6,8-9H,7H2,(H,21,22). The van der Waals surface area contributed by atoms with Crippen molar-refractivity contribution in [2.75, 3.05) is 0 Å². The molecule has 124 valence electrons. The van der Waals surface area contributed by atoms with Crippen LogP contribution in [-0.4, -0.2) is 21.8 Å². The van der Waals surface area contributed by atoms with Crippen LogP contribution in [0.2, 0.25) is 0 Å². The minimum atomic E-state index is -1.09. The Balaban J connectivity index is 1.68. The normalized spacial score (nSPS) is 11.0. The third-order valence-corrected chi connectivity index (χ3v) is 4.75. The number of furan rings is 1. The molecule has 0 aliphatic rings. The molecule has 0 amide bonds. The summed E-state index contributed by atoms with van der Waals surface area (Å²) in [5, 5.41) is 11.3. The molecule has 25 heavy (non-hydrogen) atoms. The number of rotatable bonds is 5. The van der Waals surface area contributed by atoms with Crippen LogP contribution in [0.15, 0.2) is 57.1 Å². The largest absolute Gasteiger partial charge is 0.478 e. The van der Waals surface area contributed by atoms with Crippen molar-refractivity contribution in [3.05, 3.63) is 64.6 Å². The second-order valence-electron chi connectivity index (χ2n) is 5.35. The monoisotopic (exact) mass is 353 g/mol. The third-order valence-electron chi connectivity index (χ3n) is 3.77. The van der Waals surface area contributed by atoms with Crippen LogP contribution in [0.1, 0.15) is 25.9 Å².